The van der Waals surface area contributed by atoms with Crippen LogP contribution in [0.15, 0.2) is 24.3 Å². The van der Waals surface area contributed by atoms with Gasteiger partial charge in [-0.2, -0.15) is 0 Å². The highest BCUT2D eigenvalue weighted by Gasteiger charge is 2.36. The van der Waals surface area contributed by atoms with Crippen molar-refractivity contribution < 1.29 is 14.6 Å². The third-order valence-corrected chi connectivity index (χ3v) is 3.98. The van der Waals surface area contributed by atoms with Crippen molar-refractivity contribution in [3.8, 4) is 5.75 Å². The molecule has 0 radical (unpaired) electrons. The molecule has 2 N–H and O–H groups in total. The number of para-hydroxylation sites is 1. The molecule has 1 aliphatic heterocycles. The zero-order valence-corrected chi connectivity index (χ0v) is 12.2. The van der Waals surface area contributed by atoms with Crippen LogP contribution in [-0.2, 0) is 11.2 Å². The van der Waals surface area contributed by atoms with Crippen LogP contribution in [0.3, 0.4) is 0 Å². The molecular weight excluding hydrogens is 254 g/mol. The van der Waals surface area contributed by atoms with Gasteiger partial charge in [-0.15, -0.1) is 0 Å². The Balaban J connectivity index is 1.87. The molecule has 0 saturated carbocycles. The quantitative estimate of drug-likeness (QED) is 0.784. The van der Waals surface area contributed by atoms with E-state index in [2.05, 4.69) is 25.2 Å². The Kier molecular flexibility index (Phi) is 4.65. The number of carbonyl (C=O) groups is 1. The van der Waals surface area contributed by atoms with E-state index in [1.807, 2.05) is 18.2 Å². The first-order valence-electron chi connectivity index (χ1n) is 7.18. The third-order valence-electron chi connectivity index (χ3n) is 3.98. The van der Waals surface area contributed by atoms with Gasteiger partial charge in [0.25, 0.3) is 0 Å². The molecule has 0 aromatic heterocycles. The van der Waals surface area contributed by atoms with Gasteiger partial charge in [0.2, 0.25) is 0 Å². The highest BCUT2D eigenvalue weighted by Crippen LogP contribution is 2.38. The van der Waals surface area contributed by atoms with Crippen molar-refractivity contribution >= 4 is 5.97 Å². The fraction of sp³-hybridized carbons (Fsp3) is 0.562. The molecule has 0 amide bonds. The van der Waals surface area contributed by atoms with Crippen molar-refractivity contribution in [3.63, 3.8) is 0 Å². The van der Waals surface area contributed by atoms with Crippen molar-refractivity contribution in [3.05, 3.63) is 29.8 Å². The van der Waals surface area contributed by atoms with Crippen LogP contribution in [0.4, 0.5) is 0 Å². The molecule has 0 saturated heterocycles. The van der Waals surface area contributed by atoms with Gasteiger partial charge in [-0.05, 0) is 44.9 Å². The maximum Gasteiger partial charge on any atom is 0.304 e. The van der Waals surface area contributed by atoms with E-state index < -0.39 is 5.97 Å². The minimum atomic E-state index is -0.757. The van der Waals surface area contributed by atoms with Gasteiger partial charge in [0.15, 0.2) is 0 Å². The first kappa shape index (κ1) is 14.9. The van der Waals surface area contributed by atoms with Gasteiger partial charge in [0.1, 0.15) is 11.4 Å². The van der Waals surface area contributed by atoms with E-state index in [9.17, 15) is 4.79 Å². The Morgan fingerprint density at radius 1 is 1.40 bits per heavy atom. The number of carboxylic acids is 1. The fourth-order valence-corrected chi connectivity index (χ4v) is 2.70. The molecule has 1 heterocycles. The number of aliphatic carboxylic acids is 1. The van der Waals surface area contributed by atoms with E-state index in [0.29, 0.717) is 12.5 Å². The van der Waals surface area contributed by atoms with Crippen molar-refractivity contribution in [2.24, 2.45) is 5.92 Å². The second-order valence-electron chi connectivity index (χ2n) is 5.90. The molecule has 1 aliphatic rings. The summed E-state index contributed by atoms with van der Waals surface area (Å²) in [7, 11) is 0. The van der Waals surface area contributed by atoms with Gasteiger partial charge in [-0.3, -0.25) is 4.79 Å². The zero-order chi connectivity index (χ0) is 14.6. The summed E-state index contributed by atoms with van der Waals surface area (Å²) in [4.78, 5) is 10.4. The Morgan fingerprint density at radius 2 is 2.15 bits per heavy atom. The molecule has 110 valence electrons. The molecule has 0 bridgehead atoms. The normalized spacial score (nSPS) is 20.0. The number of benzene rings is 1. The van der Waals surface area contributed by atoms with E-state index in [-0.39, 0.29) is 12.0 Å². The van der Waals surface area contributed by atoms with Gasteiger partial charge >= 0.3 is 5.97 Å². The van der Waals surface area contributed by atoms with Gasteiger partial charge in [0.05, 0.1) is 6.42 Å². The predicted octanol–water partition coefficient (Wildman–Crippen LogP) is 2.47. The lowest BCUT2D eigenvalue weighted by Crippen LogP contribution is -2.43. The zero-order valence-electron chi connectivity index (χ0n) is 12.2. The average Bonchev–Trinajstić information content (AvgIpc) is 2.37. The fourth-order valence-electron chi connectivity index (χ4n) is 2.70. The number of carboxylic acid groups (broad SMARTS) is 1. The molecule has 4 heteroatoms. The number of hydrogen-bond donors (Lipinski definition) is 2. The smallest absolute Gasteiger partial charge is 0.304 e. The molecule has 1 aromatic carbocycles. The lowest BCUT2D eigenvalue weighted by Gasteiger charge is -2.40. The Hall–Kier alpha value is -1.55. The maximum atomic E-state index is 10.4. The molecule has 1 atom stereocenters. The van der Waals surface area contributed by atoms with Crippen molar-refractivity contribution in [2.75, 3.05) is 13.1 Å². The predicted molar refractivity (Wildman–Crippen MR) is 78.1 cm³/mol. The second-order valence-corrected chi connectivity index (χ2v) is 5.90. The van der Waals surface area contributed by atoms with E-state index >= 15 is 0 Å². The Morgan fingerprint density at radius 3 is 2.90 bits per heavy atom. The number of ether oxygens (including phenoxy) is 1. The molecule has 0 aliphatic carbocycles. The molecule has 0 fully saturated rings. The van der Waals surface area contributed by atoms with Crippen molar-refractivity contribution in [1.29, 1.82) is 0 Å². The van der Waals surface area contributed by atoms with E-state index in [1.54, 1.807) is 0 Å². The summed E-state index contributed by atoms with van der Waals surface area (Å²) < 4.78 is 6.11. The summed E-state index contributed by atoms with van der Waals surface area (Å²) >= 11 is 0. The SMILES string of the molecule is CC1(C)Oc2ccccc2CC1CCNCCC(=O)O. The summed E-state index contributed by atoms with van der Waals surface area (Å²) in [6.45, 7) is 5.61. The summed E-state index contributed by atoms with van der Waals surface area (Å²) in [5, 5.41) is 11.8. The van der Waals surface area contributed by atoms with Crippen LogP contribution in [0.5, 0.6) is 5.75 Å². The number of hydrogen-bond acceptors (Lipinski definition) is 3. The molecule has 0 spiro atoms. The Labute approximate surface area is 120 Å². The van der Waals surface area contributed by atoms with Crippen molar-refractivity contribution in [2.45, 2.75) is 38.7 Å². The summed E-state index contributed by atoms with van der Waals surface area (Å²) in [5.74, 6) is 0.676. The number of fused-ring (bicyclic) bond motifs is 1. The van der Waals surface area contributed by atoms with E-state index in [1.165, 1.54) is 5.56 Å². The summed E-state index contributed by atoms with van der Waals surface area (Å²) in [6, 6.07) is 8.19. The van der Waals surface area contributed by atoms with Crippen LogP contribution in [0.25, 0.3) is 0 Å². The summed E-state index contributed by atoms with van der Waals surface area (Å²) in [6.07, 6.45) is 2.18. The first-order valence-corrected chi connectivity index (χ1v) is 7.18. The van der Waals surface area contributed by atoms with Gasteiger partial charge in [0, 0.05) is 12.5 Å². The minimum Gasteiger partial charge on any atom is -0.487 e. The standard InChI is InChI=1S/C16H23NO3/c1-16(2)13(7-9-17-10-8-15(18)19)11-12-5-3-4-6-14(12)20-16/h3-6,13,17H,7-11H2,1-2H3,(H,18,19). The second kappa shape index (κ2) is 6.27. The van der Waals surface area contributed by atoms with E-state index in [0.717, 1.165) is 25.1 Å². The molecule has 1 aromatic rings. The largest absolute Gasteiger partial charge is 0.487 e. The van der Waals surface area contributed by atoms with Crippen LogP contribution in [0.1, 0.15) is 32.3 Å². The summed E-state index contributed by atoms with van der Waals surface area (Å²) in [5.41, 5.74) is 1.09. The van der Waals surface area contributed by atoms with Gasteiger partial charge < -0.3 is 15.2 Å². The van der Waals surface area contributed by atoms with Gasteiger partial charge in [-0.1, -0.05) is 18.2 Å². The minimum absolute atomic E-state index is 0.174. The topological polar surface area (TPSA) is 58.6 Å². The molecule has 20 heavy (non-hydrogen) atoms. The van der Waals surface area contributed by atoms with Crippen LogP contribution >= 0.6 is 0 Å². The van der Waals surface area contributed by atoms with Crippen molar-refractivity contribution in [1.82, 2.24) is 5.32 Å². The van der Waals surface area contributed by atoms with Crippen LogP contribution < -0.4 is 10.1 Å². The third kappa shape index (κ3) is 3.73. The number of nitrogens with one attached hydrogen (secondary N) is 1. The lowest BCUT2D eigenvalue weighted by molar-refractivity contribution is -0.136. The molecule has 1 unspecified atom stereocenters. The van der Waals surface area contributed by atoms with Crippen LogP contribution in [0, 0.1) is 5.92 Å². The van der Waals surface area contributed by atoms with Crippen LogP contribution in [0.2, 0.25) is 0 Å². The highest BCUT2D eigenvalue weighted by molar-refractivity contribution is 5.66. The van der Waals surface area contributed by atoms with E-state index in [4.69, 9.17) is 9.84 Å². The highest BCUT2D eigenvalue weighted by atomic mass is 16.5. The maximum absolute atomic E-state index is 10.4. The van der Waals surface area contributed by atoms with Gasteiger partial charge in [-0.25, -0.2) is 0 Å². The Bertz CT molecular complexity index is 471. The monoisotopic (exact) mass is 277 g/mol. The number of rotatable bonds is 6. The lowest BCUT2D eigenvalue weighted by atomic mass is 9.80. The molecule has 4 nitrogen and oxygen atoms in total. The molecule has 2 rings (SSSR count). The average molecular weight is 277 g/mol. The molecular formula is C16H23NO3. The van der Waals surface area contributed by atoms with Crippen LogP contribution in [-0.4, -0.2) is 29.8 Å². The first-order chi connectivity index (χ1) is 9.49.